The minimum atomic E-state index is -0.389. The van der Waals surface area contributed by atoms with Crippen LogP contribution in [0, 0.1) is 5.92 Å². The van der Waals surface area contributed by atoms with Gasteiger partial charge in [-0.1, -0.05) is 30.9 Å². The minimum absolute atomic E-state index is 0.106. The molecule has 7 heteroatoms. The van der Waals surface area contributed by atoms with Crippen LogP contribution >= 0.6 is 10.5 Å². The molecular formula is C16H22N2O4S. The van der Waals surface area contributed by atoms with Crippen LogP contribution in [0.2, 0.25) is 0 Å². The Morgan fingerprint density at radius 2 is 2.09 bits per heavy atom. The van der Waals surface area contributed by atoms with Gasteiger partial charge in [-0.25, -0.2) is 5.48 Å². The second-order valence-corrected chi connectivity index (χ2v) is 7.27. The summed E-state index contributed by atoms with van der Waals surface area (Å²) in [6, 6.07) is 0. The average molecular weight is 338 g/mol. The van der Waals surface area contributed by atoms with E-state index in [2.05, 4.69) is 5.87 Å². The van der Waals surface area contributed by atoms with Crippen molar-refractivity contribution in [1.29, 1.82) is 0 Å². The summed E-state index contributed by atoms with van der Waals surface area (Å²) in [5, 5.41) is 10.3. The van der Waals surface area contributed by atoms with Crippen LogP contribution in [0.3, 0.4) is 0 Å². The third kappa shape index (κ3) is 4.39. The van der Waals surface area contributed by atoms with E-state index < -0.39 is 0 Å². The van der Waals surface area contributed by atoms with Gasteiger partial charge in [-0.3, -0.25) is 24.5 Å². The highest BCUT2D eigenvalue weighted by atomic mass is 32.2. The number of carbonyl (C=O) groups excluding carboxylic acids is 3. The van der Waals surface area contributed by atoms with E-state index in [4.69, 9.17) is 5.21 Å². The largest absolute Gasteiger partial charge is 0.289 e. The van der Waals surface area contributed by atoms with Crippen LogP contribution in [0.1, 0.15) is 38.5 Å². The van der Waals surface area contributed by atoms with Crippen LogP contribution < -0.4 is 5.48 Å². The fourth-order valence-electron chi connectivity index (χ4n) is 2.80. The Morgan fingerprint density at radius 3 is 2.74 bits per heavy atom. The van der Waals surface area contributed by atoms with Crippen LogP contribution in [-0.2, 0) is 14.4 Å². The van der Waals surface area contributed by atoms with E-state index in [1.165, 1.54) is 4.90 Å². The van der Waals surface area contributed by atoms with Crippen molar-refractivity contribution in [3.63, 3.8) is 0 Å². The number of nitrogens with zero attached hydrogens (tertiary/aromatic N) is 1. The number of unbranched alkanes of at least 4 members (excludes halogenated alkanes) is 3. The molecule has 2 aliphatic heterocycles. The Labute approximate surface area is 138 Å². The normalized spacial score (nSPS) is 23.5. The Morgan fingerprint density at radius 1 is 1.35 bits per heavy atom. The van der Waals surface area contributed by atoms with E-state index in [1.807, 2.05) is 17.6 Å². The summed E-state index contributed by atoms with van der Waals surface area (Å²) in [6.07, 6.45) is 7.41. The van der Waals surface area contributed by atoms with Gasteiger partial charge in [0.2, 0.25) is 17.7 Å². The lowest BCUT2D eigenvalue weighted by Gasteiger charge is -2.16. The molecule has 0 bridgehead atoms. The molecule has 2 unspecified atom stereocenters. The number of nitrogens with one attached hydrogen (secondary N) is 1. The van der Waals surface area contributed by atoms with Gasteiger partial charge in [0.05, 0.1) is 5.92 Å². The monoisotopic (exact) mass is 338 g/mol. The summed E-state index contributed by atoms with van der Waals surface area (Å²) in [5.74, 6) is 3.06. The van der Waals surface area contributed by atoms with Gasteiger partial charge >= 0.3 is 0 Å². The van der Waals surface area contributed by atoms with Gasteiger partial charge in [0.15, 0.2) is 0 Å². The van der Waals surface area contributed by atoms with Gasteiger partial charge in [0, 0.05) is 19.4 Å². The number of hydroxylamine groups is 1. The molecule has 0 aromatic heterocycles. The highest BCUT2D eigenvalue weighted by Gasteiger charge is 2.40. The Hall–Kier alpha value is -1.73. The summed E-state index contributed by atoms with van der Waals surface area (Å²) < 4.78 is 0. The zero-order chi connectivity index (χ0) is 16.8. The Balaban J connectivity index is 1.74. The lowest BCUT2D eigenvalue weighted by atomic mass is 10.1. The lowest BCUT2D eigenvalue weighted by Crippen LogP contribution is -2.31. The van der Waals surface area contributed by atoms with E-state index in [1.54, 1.807) is 5.48 Å². The van der Waals surface area contributed by atoms with E-state index in [0.29, 0.717) is 13.0 Å². The fraction of sp³-hybridized carbons (Fsp3) is 0.500. The van der Waals surface area contributed by atoms with Crippen LogP contribution in [0.5, 0.6) is 0 Å². The molecule has 2 N–H and O–H groups in total. The highest BCUT2D eigenvalue weighted by Crippen LogP contribution is 2.40. The molecule has 1 saturated heterocycles. The molecule has 2 atom stereocenters. The first-order chi connectivity index (χ1) is 11.0. The topological polar surface area (TPSA) is 86.7 Å². The van der Waals surface area contributed by atoms with Crippen LogP contribution in [-0.4, -0.2) is 40.2 Å². The van der Waals surface area contributed by atoms with Crippen molar-refractivity contribution in [3.8, 4) is 0 Å². The third-order valence-corrected chi connectivity index (χ3v) is 5.57. The molecule has 126 valence electrons. The molecule has 3 amide bonds. The molecule has 0 spiro atoms. The number of hydrogen-bond acceptors (Lipinski definition) is 4. The molecule has 1 fully saturated rings. The van der Waals surface area contributed by atoms with E-state index >= 15 is 0 Å². The maximum Gasteiger partial charge on any atom is 0.243 e. The maximum absolute atomic E-state index is 12.4. The third-order valence-electron chi connectivity index (χ3n) is 4.05. The second kappa shape index (κ2) is 8.21. The molecular weight excluding hydrogens is 316 g/mol. The second-order valence-electron chi connectivity index (χ2n) is 5.67. The molecule has 23 heavy (non-hydrogen) atoms. The SMILES string of the molecule is C=S1C=CC=C1C1CC(=O)N(CCCCCCC(=O)NO)C1=O. The quantitative estimate of drug-likeness (QED) is 0.233. The molecule has 2 rings (SSSR count). The van der Waals surface area contributed by atoms with Crippen LogP contribution in [0.4, 0.5) is 0 Å². The Bertz CT molecular complexity index is 583. The molecule has 0 aliphatic carbocycles. The standard InChI is InChI=1S/C16H22N2O4S/c1-23-10-6-7-13(23)12-11-15(20)18(16(12)21)9-5-3-2-4-8-14(19)17-22/h6-7,10,12,22H,1-5,8-9,11H2,(H,17,19). The zero-order valence-corrected chi connectivity index (χ0v) is 13.8. The van der Waals surface area contributed by atoms with Crippen molar-refractivity contribution in [3.05, 3.63) is 22.5 Å². The molecule has 0 saturated carbocycles. The van der Waals surface area contributed by atoms with E-state index in [0.717, 1.165) is 24.2 Å². The number of imide groups is 1. The molecule has 2 heterocycles. The number of rotatable bonds is 8. The molecule has 2 aliphatic rings. The zero-order valence-electron chi connectivity index (χ0n) is 13.0. The van der Waals surface area contributed by atoms with Crippen molar-refractivity contribution < 1.29 is 19.6 Å². The molecule has 0 radical (unpaired) electrons. The maximum atomic E-state index is 12.4. The van der Waals surface area contributed by atoms with Gasteiger partial charge in [-0.15, -0.1) is 10.5 Å². The first kappa shape index (κ1) is 17.6. The molecule has 0 aromatic rings. The van der Waals surface area contributed by atoms with Crippen molar-refractivity contribution in [2.24, 2.45) is 5.92 Å². The number of likely N-dealkylation sites (tertiary alicyclic amines) is 1. The molecule has 0 aromatic carbocycles. The van der Waals surface area contributed by atoms with Gasteiger partial charge in [-0.2, -0.15) is 0 Å². The lowest BCUT2D eigenvalue weighted by molar-refractivity contribution is -0.139. The first-order valence-corrected chi connectivity index (χ1v) is 9.18. The summed E-state index contributed by atoms with van der Waals surface area (Å²) in [5.41, 5.74) is 1.60. The number of carbonyl (C=O) groups is 3. The predicted octanol–water partition coefficient (Wildman–Crippen LogP) is 1.93. The summed E-state index contributed by atoms with van der Waals surface area (Å²) >= 11 is 0. The Kier molecular flexibility index (Phi) is 6.29. The summed E-state index contributed by atoms with van der Waals surface area (Å²) in [4.78, 5) is 37.7. The van der Waals surface area contributed by atoms with Crippen molar-refractivity contribution in [2.75, 3.05) is 6.54 Å². The van der Waals surface area contributed by atoms with E-state index in [-0.39, 0.29) is 47.0 Å². The van der Waals surface area contributed by atoms with Crippen molar-refractivity contribution >= 4 is 34.1 Å². The smallest absolute Gasteiger partial charge is 0.243 e. The van der Waals surface area contributed by atoms with Crippen LogP contribution in [0.25, 0.3) is 0 Å². The number of allylic oxidation sites excluding steroid dienone is 2. The predicted molar refractivity (Wildman–Crippen MR) is 89.8 cm³/mol. The number of amides is 3. The fourth-order valence-corrected chi connectivity index (χ4v) is 4.03. The van der Waals surface area contributed by atoms with Gasteiger partial charge in [0.1, 0.15) is 0 Å². The first-order valence-electron chi connectivity index (χ1n) is 7.73. The minimum Gasteiger partial charge on any atom is -0.289 e. The highest BCUT2D eigenvalue weighted by molar-refractivity contribution is 8.20. The van der Waals surface area contributed by atoms with E-state index in [9.17, 15) is 14.4 Å². The van der Waals surface area contributed by atoms with Crippen molar-refractivity contribution in [1.82, 2.24) is 10.4 Å². The summed E-state index contributed by atoms with van der Waals surface area (Å²) in [6.45, 7) is 0.437. The van der Waals surface area contributed by atoms with Gasteiger partial charge in [-0.05, 0) is 23.2 Å². The summed E-state index contributed by atoms with van der Waals surface area (Å²) in [7, 11) is -0.294. The van der Waals surface area contributed by atoms with Crippen molar-refractivity contribution in [2.45, 2.75) is 38.5 Å². The molecule has 6 nitrogen and oxygen atoms in total. The number of hydrogen-bond donors (Lipinski definition) is 2. The van der Waals surface area contributed by atoms with Gasteiger partial charge in [0.25, 0.3) is 0 Å². The van der Waals surface area contributed by atoms with Gasteiger partial charge < -0.3 is 0 Å². The van der Waals surface area contributed by atoms with Crippen LogP contribution in [0.15, 0.2) is 22.5 Å². The average Bonchev–Trinajstić information content (AvgIpc) is 3.07.